The molecule has 0 atom stereocenters. The van der Waals surface area contributed by atoms with Crippen LogP contribution >= 0.6 is 11.3 Å². The smallest absolute Gasteiger partial charge is 0.243 e. The fraction of sp³-hybridized carbons (Fsp3) is 0.318. The quantitative estimate of drug-likeness (QED) is 0.564. The molecule has 0 radical (unpaired) electrons. The number of aromatic nitrogens is 2. The molecule has 1 saturated heterocycles. The summed E-state index contributed by atoms with van der Waals surface area (Å²) < 4.78 is 32.9. The number of sulfonamides is 1. The molecule has 1 fully saturated rings. The number of hydrogen-bond donors (Lipinski definition) is 1. The van der Waals surface area contributed by atoms with Gasteiger partial charge in [-0.1, -0.05) is 6.42 Å². The van der Waals surface area contributed by atoms with Gasteiger partial charge >= 0.3 is 0 Å². The van der Waals surface area contributed by atoms with E-state index in [4.69, 9.17) is 4.74 Å². The maximum atomic E-state index is 13.0. The molecule has 1 aromatic carbocycles. The molecule has 0 spiro atoms. The van der Waals surface area contributed by atoms with E-state index < -0.39 is 10.0 Å². The van der Waals surface area contributed by atoms with Crippen LogP contribution < -0.4 is 10.1 Å². The number of anilines is 1. The number of methoxy groups -OCH3 is 1. The minimum atomic E-state index is -3.62. The summed E-state index contributed by atoms with van der Waals surface area (Å²) in [6.45, 7) is 1.03. The molecule has 2 aromatic heterocycles. The minimum Gasteiger partial charge on any atom is -0.495 e. The first-order valence-electron chi connectivity index (χ1n) is 10.3. The van der Waals surface area contributed by atoms with E-state index in [1.807, 2.05) is 17.5 Å². The molecule has 10 heteroatoms. The Kier molecular flexibility index (Phi) is 6.83. The molecular formula is C22H24N4O4S2. The highest BCUT2D eigenvalue weighted by atomic mass is 32.2. The van der Waals surface area contributed by atoms with Crippen molar-refractivity contribution in [3.05, 3.63) is 53.8 Å². The van der Waals surface area contributed by atoms with Crippen molar-refractivity contribution < 1.29 is 17.9 Å². The van der Waals surface area contributed by atoms with Gasteiger partial charge < -0.3 is 10.1 Å². The Balaban J connectivity index is 1.50. The summed E-state index contributed by atoms with van der Waals surface area (Å²) in [4.78, 5) is 21.4. The minimum absolute atomic E-state index is 0.0586. The number of pyridine rings is 1. The van der Waals surface area contributed by atoms with Crippen LogP contribution in [0.25, 0.3) is 10.6 Å². The Bertz CT molecular complexity index is 1190. The Labute approximate surface area is 191 Å². The van der Waals surface area contributed by atoms with Gasteiger partial charge in [-0.25, -0.2) is 13.4 Å². The lowest BCUT2D eigenvalue weighted by atomic mass is 10.2. The molecule has 4 rings (SSSR count). The predicted molar refractivity (Wildman–Crippen MR) is 123 cm³/mol. The maximum absolute atomic E-state index is 13.0. The van der Waals surface area contributed by atoms with Crippen LogP contribution in [0.5, 0.6) is 5.75 Å². The third-order valence-electron chi connectivity index (χ3n) is 5.20. The van der Waals surface area contributed by atoms with Crippen molar-refractivity contribution in [1.29, 1.82) is 0 Å². The highest BCUT2D eigenvalue weighted by Crippen LogP contribution is 2.30. The van der Waals surface area contributed by atoms with Gasteiger partial charge in [-0.05, 0) is 43.2 Å². The molecule has 0 saturated carbocycles. The van der Waals surface area contributed by atoms with Gasteiger partial charge in [0.2, 0.25) is 15.9 Å². The number of carbonyl (C=O) groups is 1. The lowest BCUT2D eigenvalue weighted by molar-refractivity contribution is -0.115. The second kappa shape index (κ2) is 9.76. The molecule has 1 amide bonds. The Hall–Kier alpha value is -2.82. The van der Waals surface area contributed by atoms with Gasteiger partial charge in [-0.2, -0.15) is 4.31 Å². The Morgan fingerprint density at radius 1 is 1.22 bits per heavy atom. The van der Waals surface area contributed by atoms with Crippen LogP contribution in [-0.4, -0.2) is 48.8 Å². The van der Waals surface area contributed by atoms with E-state index >= 15 is 0 Å². The molecule has 0 aliphatic carbocycles. The molecular weight excluding hydrogens is 448 g/mol. The van der Waals surface area contributed by atoms with E-state index in [0.29, 0.717) is 30.2 Å². The normalized spacial score (nSPS) is 14.8. The van der Waals surface area contributed by atoms with Crippen molar-refractivity contribution in [2.45, 2.75) is 30.6 Å². The van der Waals surface area contributed by atoms with E-state index in [2.05, 4.69) is 15.3 Å². The number of rotatable bonds is 7. The zero-order valence-corrected chi connectivity index (χ0v) is 19.3. The van der Waals surface area contributed by atoms with Gasteiger partial charge in [0.1, 0.15) is 10.8 Å². The second-order valence-corrected chi connectivity index (χ2v) is 10.2. The standard InChI is InChI=1S/C22H24N4O4S2/c1-30-20-8-7-18(32(28,29)26-10-3-2-4-11-26)13-19(20)25-21(27)12-17-15-31-22(24-17)16-6-5-9-23-14-16/h5-9,13-15H,2-4,10-12H2,1H3,(H,25,27). The molecule has 1 aliphatic heterocycles. The molecule has 32 heavy (non-hydrogen) atoms. The van der Waals surface area contributed by atoms with Gasteiger partial charge in [-0.3, -0.25) is 9.78 Å². The summed E-state index contributed by atoms with van der Waals surface area (Å²) in [5.41, 5.74) is 1.84. The molecule has 168 valence electrons. The first-order chi connectivity index (χ1) is 15.5. The van der Waals surface area contributed by atoms with Gasteiger partial charge in [0.05, 0.1) is 29.8 Å². The molecule has 0 unspecified atom stereocenters. The Morgan fingerprint density at radius 2 is 2.03 bits per heavy atom. The van der Waals surface area contributed by atoms with E-state index in [0.717, 1.165) is 29.8 Å². The lowest BCUT2D eigenvalue weighted by Gasteiger charge is -2.26. The average Bonchev–Trinajstić information content (AvgIpc) is 3.28. The van der Waals surface area contributed by atoms with Crippen molar-refractivity contribution in [2.24, 2.45) is 0 Å². The number of amides is 1. The third-order valence-corrected chi connectivity index (χ3v) is 8.03. The zero-order chi connectivity index (χ0) is 22.6. The van der Waals surface area contributed by atoms with Crippen LogP contribution in [0.2, 0.25) is 0 Å². The number of hydrogen-bond acceptors (Lipinski definition) is 7. The van der Waals surface area contributed by atoms with E-state index in [9.17, 15) is 13.2 Å². The van der Waals surface area contributed by atoms with E-state index in [-0.39, 0.29) is 17.2 Å². The molecule has 1 aliphatic rings. The van der Waals surface area contributed by atoms with Crippen molar-refractivity contribution >= 4 is 33.0 Å². The van der Waals surface area contributed by atoms with Crippen molar-refractivity contribution in [3.63, 3.8) is 0 Å². The Morgan fingerprint density at radius 3 is 2.75 bits per heavy atom. The first kappa shape index (κ1) is 22.4. The number of ether oxygens (including phenoxy) is 1. The van der Waals surface area contributed by atoms with Crippen LogP contribution in [0.4, 0.5) is 5.69 Å². The summed E-state index contributed by atoms with van der Waals surface area (Å²) in [6.07, 6.45) is 6.22. The SMILES string of the molecule is COc1ccc(S(=O)(=O)N2CCCCC2)cc1NC(=O)Cc1csc(-c2cccnc2)n1. The number of carbonyl (C=O) groups excluding carboxylic acids is 1. The van der Waals surface area contributed by atoms with Gasteiger partial charge in [-0.15, -0.1) is 11.3 Å². The van der Waals surface area contributed by atoms with E-state index in [1.165, 1.54) is 34.9 Å². The van der Waals surface area contributed by atoms with Crippen LogP contribution in [0.1, 0.15) is 25.0 Å². The van der Waals surface area contributed by atoms with Gasteiger partial charge in [0, 0.05) is 36.4 Å². The number of thiazole rings is 1. The number of nitrogens with one attached hydrogen (secondary N) is 1. The first-order valence-corrected chi connectivity index (χ1v) is 12.6. The fourth-order valence-corrected chi connectivity index (χ4v) is 5.92. The zero-order valence-electron chi connectivity index (χ0n) is 17.7. The number of benzene rings is 1. The van der Waals surface area contributed by atoms with Crippen LogP contribution in [-0.2, 0) is 21.2 Å². The van der Waals surface area contributed by atoms with Crippen molar-refractivity contribution in [1.82, 2.24) is 14.3 Å². The van der Waals surface area contributed by atoms with Crippen LogP contribution in [0, 0.1) is 0 Å². The van der Waals surface area contributed by atoms with Crippen molar-refractivity contribution in [3.8, 4) is 16.3 Å². The number of nitrogens with zero attached hydrogens (tertiary/aromatic N) is 3. The largest absolute Gasteiger partial charge is 0.495 e. The van der Waals surface area contributed by atoms with Crippen LogP contribution in [0.15, 0.2) is 53.0 Å². The van der Waals surface area contributed by atoms with Crippen LogP contribution in [0.3, 0.4) is 0 Å². The third kappa shape index (κ3) is 4.98. The molecule has 8 nitrogen and oxygen atoms in total. The summed E-state index contributed by atoms with van der Waals surface area (Å²) in [5, 5.41) is 5.39. The summed E-state index contributed by atoms with van der Waals surface area (Å²) in [6, 6.07) is 8.28. The topological polar surface area (TPSA) is 101 Å². The summed E-state index contributed by atoms with van der Waals surface area (Å²) in [7, 11) is -2.15. The summed E-state index contributed by atoms with van der Waals surface area (Å²) in [5.74, 6) is 0.0872. The van der Waals surface area contributed by atoms with Gasteiger partial charge in [0.25, 0.3) is 0 Å². The molecule has 1 N–H and O–H groups in total. The molecule has 3 heterocycles. The second-order valence-electron chi connectivity index (χ2n) is 7.44. The van der Waals surface area contributed by atoms with E-state index in [1.54, 1.807) is 18.5 Å². The highest BCUT2D eigenvalue weighted by molar-refractivity contribution is 7.89. The molecule has 3 aromatic rings. The molecule has 0 bridgehead atoms. The monoisotopic (exact) mass is 472 g/mol. The average molecular weight is 473 g/mol. The van der Waals surface area contributed by atoms with Crippen molar-refractivity contribution in [2.75, 3.05) is 25.5 Å². The van der Waals surface area contributed by atoms with Gasteiger partial charge in [0.15, 0.2) is 0 Å². The lowest BCUT2D eigenvalue weighted by Crippen LogP contribution is -2.35. The highest BCUT2D eigenvalue weighted by Gasteiger charge is 2.27. The maximum Gasteiger partial charge on any atom is 0.243 e. The number of piperidine rings is 1. The fourth-order valence-electron chi connectivity index (χ4n) is 3.57. The summed E-state index contributed by atoms with van der Waals surface area (Å²) >= 11 is 1.44. The predicted octanol–water partition coefficient (Wildman–Crippen LogP) is 3.57.